The predicted octanol–water partition coefficient (Wildman–Crippen LogP) is 1.93. The Kier molecular flexibility index (Phi) is 5.89. The Labute approximate surface area is 210 Å². The number of halogens is 1. The number of nitrogens with one attached hydrogen (secondary N) is 1. The lowest BCUT2D eigenvalue weighted by molar-refractivity contribution is 0.0742. The lowest BCUT2D eigenvalue weighted by atomic mass is 10.1. The second-order valence-corrected chi connectivity index (χ2v) is 8.85. The molecule has 10 nitrogen and oxygen atoms in total. The molecule has 2 aliphatic heterocycles. The van der Waals surface area contributed by atoms with Crippen LogP contribution in [0.3, 0.4) is 0 Å². The van der Waals surface area contributed by atoms with Crippen molar-refractivity contribution in [3.8, 4) is 11.4 Å². The lowest BCUT2D eigenvalue weighted by Crippen LogP contribution is -2.48. The van der Waals surface area contributed by atoms with E-state index in [1.807, 2.05) is 12.1 Å². The van der Waals surface area contributed by atoms with E-state index in [1.54, 1.807) is 35.2 Å². The van der Waals surface area contributed by atoms with E-state index in [0.717, 1.165) is 11.8 Å². The fraction of sp³-hybridized carbons (Fsp3) is 0.200. The Bertz CT molecular complexity index is 1460. The van der Waals surface area contributed by atoms with Gasteiger partial charge in [-0.15, -0.1) is 0 Å². The zero-order valence-electron chi connectivity index (χ0n) is 19.3. The van der Waals surface area contributed by atoms with Crippen LogP contribution in [-0.4, -0.2) is 60.5 Å². The van der Waals surface area contributed by atoms with E-state index in [1.165, 1.54) is 11.7 Å². The number of piperazine rings is 1. The highest BCUT2D eigenvalue weighted by molar-refractivity contribution is 6.31. The molecule has 2 aliphatic rings. The summed E-state index contributed by atoms with van der Waals surface area (Å²) in [6.07, 6.45) is 0. The number of hydrogen-bond donors (Lipinski definition) is 2. The molecule has 3 amide bonds. The first-order chi connectivity index (χ1) is 17.3. The van der Waals surface area contributed by atoms with Gasteiger partial charge in [0.1, 0.15) is 11.6 Å². The van der Waals surface area contributed by atoms with Crippen LogP contribution in [0.15, 0.2) is 53.3 Å². The number of benzene rings is 2. The molecule has 1 saturated heterocycles. The first-order valence-corrected chi connectivity index (χ1v) is 11.6. The molecule has 0 atom stereocenters. The molecular formula is C25H22ClN5O5. The van der Waals surface area contributed by atoms with E-state index in [0.29, 0.717) is 48.2 Å². The first-order valence-electron chi connectivity index (χ1n) is 11.2. The first kappa shape index (κ1) is 23.4. The summed E-state index contributed by atoms with van der Waals surface area (Å²) in [7, 11) is 1.51. The zero-order valence-corrected chi connectivity index (χ0v) is 20.0. The van der Waals surface area contributed by atoms with Gasteiger partial charge in [-0.2, -0.15) is 0 Å². The maximum absolute atomic E-state index is 13.0. The quantitative estimate of drug-likeness (QED) is 0.516. The van der Waals surface area contributed by atoms with Crippen molar-refractivity contribution < 1.29 is 19.1 Å². The number of nitrogen functional groups attached to an aromatic ring is 1. The van der Waals surface area contributed by atoms with Crippen molar-refractivity contribution in [3.63, 3.8) is 0 Å². The van der Waals surface area contributed by atoms with E-state index in [4.69, 9.17) is 22.1 Å². The molecule has 0 unspecified atom stereocenters. The summed E-state index contributed by atoms with van der Waals surface area (Å²) in [5.41, 5.74) is 7.39. The summed E-state index contributed by atoms with van der Waals surface area (Å²) >= 11 is 6.08. The lowest BCUT2D eigenvalue weighted by Gasteiger charge is -2.36. The number of carbonyl (C=O) groups is 3. The van der Waals surface area contributed by atoms with Crippen LogP contribution in [0.25, 0.3) is 5.69 Å². The molecule has 0 radical (unpaired) electrons. The number of nitrogens with zero attached hydrogens (tertiary/aromatic N) is 3. The Hall–Kier alpha value is -4.31. The van der Waals surface area contributed by atoms with Crippen LogP contribution in [0.5, 0.6) is 5.75 Å². The number of carbonyl (C=O) groups excluding carboxylic acids is 3. The van der Waals surface area contributed by atoms with Gasteiger partial charge in [0.15, 0.2) is 0 Å². The molecule has 0 saturated carbocycles. The standard InChI is InChI=1S/C25H22ClN5O5/c1-36-19-7-2-14(26)12-17(19)25(35)30-10-8-29(9-11-30)15-3-5-16(6-4-15)31-20(32)13-18-21(22(31)27)24(34)28-23(18)33/h2-7,12-13H,8-11,27H2,1H3,(H,28,33,34). The summed E-state index contributed by atoms with van der Waals surface area (Å²) in [5.74, 6) is -1.01. The van der Waals surface area contributed by atoms with Gasteiger partial charge in [-0.25, -0.2) is 0 Å². The Morgan fingerprint density at radius 1 is 0.944 bits per heavy atom. The summed E-state index contributed by atoms with van der Waals surface area (Å²) in [6.45, 7) is 2.24. The summed E-state index contributed by atoms with van der Waals surface area (Å²) in [4.78, 5) is 53.5. The Morgan fingerprint density at radius 3 is 2.28 bits per heavy atom. The maximum Gasteiger partial charge on any atom is 0.262 e. The van der Waals surface area contributed by atoms with Crippen molar-refractivity contribution in [2.24, 2.45) is 0 Å². The number of amides is 3. The van der Waals surface area contributed by atoms with E-state index in [2.05, 4.69) is 10.2 Å². The molecule has 5 rings (SSSR count). The molecule has 0 bridgehead atoms. The third kappa shape index (κ3) is 3.95. The molecule has 2 aromatic carbocycles. The average molecular weight is 508 g/mol. The van der Waals surface area contributed by atoms with Crippen molar-refractivity contribution in [1.29, 1.82) is 0 Å². The molecule has 0 aliphatic carbocycles. The smallest absolute Gasteiger partial charge is 0.262 e. The highest BCUT2D eigenvalue weighted by Gasteiger charge is 2.32. The van der Waals surface area contributed by atoms with Crippen LogP contribution in [0.2, 0.25) is 5.02 Å². The molecule has 1 aromatic heterocycles. The minimum atomic E-state index is -0.632. The minimum Gasteiger partial charge on any atom is -0.496 e. The number of anilines is 2. The van der Waals surface area contributed by atoms with Gasteiger partial charge in [0.05, 0.1) is 29.5 Å². The summed E-state index contributed by atoms with van der Waals surface area (Å²) < 4.78 is 6.52. The zero-order chi connectivity index (χ0) is 25.6. The third-order valence-corrected chi connectivity index (χ3v) is 6.62. The van der Waals surface area contributed by atoms with Gasteiger partial charge in [0.25, 0.3) is 23.3 Å². The Morgan fingerprint density at radius 2 is 1.61 bits per heavy atom. The van der Waals surface area contributed by atoms with Gasteiger partial charge in [0, 0.05) is 43.0 Å². The molecule has 3 N–H and O–H groups in total. The van der Waals surface area contributed by atoms with Crippen molar-refractivity contribution in [1.82, 2.24) is 14.8 Å². The number of ether oxygens (including phenoxy) is 1. The van der Waals surface area contributed by atoms with Crippen molar-refractivity contribution >= 4 is 40.8 Å². The number of imide groups is 1. The molecule has 3 aromatic rings. The normalized spacial score (nSPS) is 15.1. The highest BCUT2D eigenvalue weighted by atomic mass is 35.5. The van der Waals surface area contributed by atoms with Gasteiger partial charge in [-0.05, 0) is 42.5 Å². The molecule has 3 heterocycles. The fourth-order valence-electron chi connectivity index (χ4n) is 4.54. The van der Waals surface area contributed by atoms with Crippen LogP contribution in [-0.2, 0) is 0 Å². The van der Waals surface area contributed by atoms with Gasteiger partial charge in [0.2, 0.25) is 0 Å². The number of pyridine rings is 1. The van der Waals surface area contributed by atoms with Crippen LogP contribution in [0.1, 0.15) is 31.1 Å². The Balaban J connectivity index is 1.32. The van der Waals surface area contributed by atoms with Gasteiger partial charge < -0.3 is 20.3 Å². The molecule has 184 valence electrons. The summed E-state index contributed by atoms with van der Waals surface area (Å²) in [5, 5.41) is 2.62. The van der Waals surface area contributed by atoms with Crippen molar-refractivity contribution in [2.45, 2.75) is 0 Å². The number of methoxy groups -OCH3 is 1. The van der Waals surface area contributed by atoms with Crippen LogP contribution in [0, 0.1) is 0 Å². The largest absolute Gasteiger partial charge is 0.496 e. The minimum absolute atomic E-state index is 0.000740. The highest BCUT2D eigenvalue weighted by Crippen LogP contribution is 2.27. The van der Waals surface area contributed by atoms with E-state index in [-0.39, 0.29) is 22.9 Å². The van der Waals surface area contributed by atoms with Gasteiger partial charge in [-0.3, -0.25) is 29.1 Å². The summed E-state index contributed by atoms with van der Waals surface area (Å²) in [6, 6.07) is 13.2. The molecule has 0 spiro atoms. The number of nitrogens with two attached hydrogens (primary N) is 1. The monoisotopic (exact) mass is 507 g/mol. The van der Waals surface area contributed by atoms with E-state index < -0.39 is 17.4 Å². The number of aromatic nitrogens is 1. The maximum atomic E-state index is 13.0. The molecule has 36 heavy (non-hydrogen) atoms. The second kappa shape index (κ2) is 9.04. The topological polar surface area (TPSA) is 127 Å². The van der Waals surface area contributed by atoms with Gasteiger partial charge >= 0.3 is 0 Å². The van der Waals surface area contributed by atoms with Gasteiger partial charge in [-0.1, -0.05) is 11.6 Å². The van der Waals surface area contributed by atoms with E-state index in [9.17, 15) is 19.2 Å². The van der Waals surface area contributed by atoms with Crippen molar-refractivity contribution in [2.75, 3.05) is 43.9 Å². The van der Waals surface area contributed by atoms with Crippen LogP contribution in [0.4, 0.5) is 11.5 Å². The van der Waals surface area contributed by atoms with E-state index >= 15 is 0 Å². The number of rotatable bonds is 4. The average Bonchev–Trinajstić information content (AvgIpc) is 3.16. The second-order valence-electron chi connectivity index (χ2n) is 8.42. The third-order valence-electron chi connectivity index (χ3n) is 6.39. The molecule has 11 heteroatoms. The number of fused-ring (bicyclic) bond motifs is 1. The fourth-order valence-corrected chi connectivity index (χ4v) is 4.72. The molecule has 1 fully saturated rings. The van der Waals surface area contributed by atoms with Crippen LogP contribution < -0.4 is 26.2 Å². The molecular weight excluding hydrogens is 486 g/mol. The van der Waals surface area contributed by atoms with Crippen LogP contribution >= 0.6 is 11.6 Å². The SMILES string of the molecule is COc1ccc(Cl)cc1C(=O)N1CCN(c2ccc(-n3c(N)c4c(cc3=O)C(=O)NC4=O)cc2)CC1. The van der Waals surface area contributed by atoms with Crippen molar-refractivity contribution in [3.05, 3.63) is 80.6 Å². The number of hydrogen-bond acceptors (Lipinski definition) is 7. The predicted molar refractivity (Wildman–Crippen MR) is 134 cm³/mol.